The molecule has 0 bridgehead atoms. The van der Waals surface area contributed by atoms with E-state index in [1.165, 1.54) is 17.0 Å². The van der Waals surface area contributed by atoms with Gasteiger partial charge in [-0.1, -0.05) is 0 Å². The number of carbonyl (C=O) groups is 2. The Balaban J connectivity index is 1.88. The molecule has 0 spiro atoms. The molecule has 2 rings (SSSR count). The Morgan fingerprint density at radius 2 is 1.95 bits per heavy atom. The second-order valence-corrected chi connectivity index (χ2v) is 4.54. The molecule has 21 heavy (non-hydrogen) atoms. The molecule has 1 saturated heterocycles. The first-order valence-electron chi connectivity index (χ1n) is 6.27. The Hall–Kier alpha value is -2.25. The zero-order chi connectivity index (χ0) is 15.5. The number of ether oxygens (including phenoxy) is 1. The van der Waals surface area contributed by atoms with Gasteiger partial charge >= 0.3 is 6.36 Å². The maximum Gasteiger partial charge on any atom is 0.573 e. The van der Waals surface area contributed by atoms with Crippen molar-refractivity contribution in [2.24, 2.45) is 0 Å². The van der Waals surface area contributed by atoms with Crippen molar-refractivity contribution in [3.63, 3.8) is 0 Å². The summed E-state index contributed by atoms with van der Waals surface area (Å²) in [4.78, 5) is 24.5. The number of alkyl halides is 3. The van der Waals surface area contributed by atoms with Crippen molar-refractivity contribution in [1.82, 2.24) is 4.90 Å². The number of benzene rings is 1. The van der Waals surface area contributed by atoms with Crippen LogP contribution in [-0.4, -0.2) is 36.2 Å². The molecule has 114 valence electrons. The average molecular weight is 302 g/mol. The number of hydrogen-bond donors (Lipinski definition) is 1. The van der Waals surface area contributed by atoms with Gasteiger partial charge in [0, 0.05) is 18.7 Å². The summed E-state index contributed by atoms with van der Waals surface area (Å²) in [5.74, 6) is -0.830. The van der Waals surface area contributed by atoms with Crippen molar-refractivity contribution in [2.75, 3.05) is 18.4 Å². The number of likely N-dealkylation sites (tertiary alicyclic amines) is 1. The van der Waals surface area contributed by atoms with Gasteiger partial charge in [-0.15, -0.1) is 13.2 Å². The first-order valence-corrected chi connectivity index (χ1v) is 6.27. The standard InChI is InChI=1S/C13H13F3N2O3/c14-13(15,16)21-10-5-3-9(4-6-10)17-11(19)8-18-7-1-2-12(18)20/h3-6H,1-2,7-8H2,(H,17,19). The molecule has 1 heterocycles. The van der Waals surface area contributed by atoms with E-state index in [0.717, 1.165) is 18.6 Å². The van der Waals surface area contributed by atoms with Gasteiger partial charge in [-0.25, -0.2) is 0 Å². The van der Waals surface area contributed by atoms with Gasteiger partial charge < -0.3 is 15.0 Å². The van der Waals surface area contributed by atoms with Crippen LogP contribution in [0.4, 0.5) is 18.9 Å². The highest BCUT2D eigenvalue weighted by molar-refractivity contribution is 5.94. The Morgan fingerprint density at radius 3 is 2.48 bits per heavy atom. The highest BCUT2D eigenvalue weighted by Gasteiger charge is 2.31. The van der Waals surface area contributed by atoms with Crippen molar-refractivity contribution < 1.29 is 27.5 Å². The van der Waals surface area contributed by atoms with Gasteiger partial charge in [0.25, 0.3) is 0 Å². The van der Waals surface area contributed by atoms with Crippen molar-refractivity contribution in [1.29, 1.82) is 0 Å². The molecule has 0 radical (unpaired) electrons. The minimum atomic E-state index is -4.75. The number of nitrogens with zero attached hydrogens (tertiary/aromatic N) is 1. The van der Waals surface area contributed by atoms with Crippen LogP contribution < -0.4 is 10.1 Å². The third-order valence-electron chi connectivity index (χ3n) is 2.88. The number of carbonyl (C=O) groups excluding carboxylic acids is 2. The Kier molecular flexibility index (Phi) is 4.35. The predicted octanol–water partition coefficient (Wildman–Crippen LogP) is 2.15. The van der Waals surface area contributed by atoms with Crippen LogP contribution >= 0.6 is 0 Å². The van der Waals surface area contributed by atoms with Gasteiger partial charge in [-0.3, -0.25) is 9.59 Å². The van der Waals surface area contributed by atoms with Crippen LogP contribution in [0.5, 0.6) is 5.75 Å². The van der Waals surface area contributed by atoms with Crippen molar-refractivity contribution >= 4 is 17.5 Å². The number of anilines is 1. The quantitative estimate of drug-likeness (QED) is 0.927. The highest BCUT2D eigenvalue weighted by Crippen LogP contribution is 2.23. The van der Waals surface area contributed by atoms with Gasteiger partial charge in [0.05, 0.1) is 6.54 Å². The number of nitrogens with one attached hydrogen (secondary N) is 1. The SMILES string of the molecule is O=C(CN1CCCC1=O)Nc1ccc(OC(F)(F)F)cc1. The van der Waals surface area contributed by atoms with Crippen molar-refractivity contribution in [2.45, 2.75) is 19.2 Å². The van der Waals surface area contributed by atoms with E-state index in [-0.39, 0.29) is 18.2 Å². The Bertz CT molecular complexity index is 528. The lowest BCUT2D eigenvalue weighted by atomic mass is 10.3. The van der Waals surface area contributed by atoms with Crippen LogP contribution in [0.25, 0.3) is 0 Å². The topological polar surface area (TPSA) is 58.6 Å². The van der Waals surface area contributed by atoms with E-state index in [1.807, 2.05) is 0 Å². The van der Waals surface area contributed by atoms with Gasteiger partial charge in [0.2, 0.25) is 11.8 Å². The second-order valence-electron chi connectivity index (χ2n) is 4.54. The number of amides is 2. The molecule has 0 atom stereocenters. The van der Waals surface area contributed by atoms with E-state index in [9.17, 15) is 22.8 Å². The summed E-state index contributed by atoms with van der Waals surface area (Å²) >= 11 is 0. The number of hydrogen-bond acceptors (Lipinski definition) is 3. The lowest BCUT2D eigenvalue weighted by Crippen LogP contribution is -2.33. The zero-order valence-electron chi connectivity index (χ0n) is 10.9. The molecular weight excluding hydrogens is 289 g/mol. The molecule has 5 nitrogen and oxygen atoms in total. The largest absolute Gasteiger partial charge is 0.573 e. The molecule has 1 aliphatic rings. The maximum absolute atomic E-state index is 12.0. The van der Waals surface area contributed by atoms with Crippen LogP contribution in [0.3, 0.4) is 0 Å². The molecular formula is C13H13F3N2O3. The molecule has 0 unspecified atom stereocenters. The third kappa shape index (κ3) is 4.66. The summed E-state index contributed by atoms with van der Waals surface area (Å²) in [7, 11) is 0. The van der Waals surface area contributed by atoms with Crippen LogP contribution in [0, 0.1) is 0 Å². The molecule has 0 aliphatic carbocycles. The minimum absolute atomic E-state index is 0.0559. The molecule has 1 fully saturated rings. The number of halogens is 3. The van der Waals surface area contributed by atoms with E-state index >= 15 is 0 Å². The van der Waals surface area contributed by atoms with Gasteiger partial charge in [-0.05, 0) is 30.7 Å². The lowest BCUT2D eigenvalue weighted by Gasteiger charge is -2.15. The van der Waals surface area contributed by atoms with Gasteiger partial charge in [-0.2, -0.15) is 0 Å². The third-order valence-corrected chi connectivity index (χ3v) is 2.88. The highest BCUT2D eigenvalue weighted by atomic mass is 19.4. The summed E-state index contributed by atoms with van der Waals surface area (Å²) < 4.78 is 39.7. The fourth-order valence-corrected chi connectivity index (χ4v) is 1.98. The van der Waals surface area contributed by atoms with Gasteiger partial charge in [0.15, 0.2) is 0 Å². The summed E-state index contributed by atoms with van der Waals surface area (Å²) in [6, 6.07) is 4.80. The molecule has 1 aromatic rings. The van der Waals surface area contributed by atoms with E-state index in [0.29, 0.717) is 18.7 Å². The summed E-state index contributed by atoms with van der Waals surface area (Å²) in [5.41, 5.74) is 0.334. The number of rotatable bonds is 4. The predicted molar refractivity (Wildman–Crippen MR) is 67.6 cm³/mol. The lowest BCUT2D eigenvalue weighted by molar-refractivity contribution is -0.274. The first-order chi connectivity index (χ1) is 9.83. The van der Waals surface area contributed by atoms with Crippen LogP contribution in [-0.2, 0) is 9.59 Å². The minimum Gasteiger partial charge on any atom is -0.406 e. The van der Waals surface area contributed by atoms with E-state index < -0.39 is 12.3 Å². The van der Waals surface area contributed by atoms with E-state index in [4.69, 9.17) is 0 Å². The van der Waals surface area contributed by atoms with E-state index in [1.54, 1.807) is 0 Å². The molecule has 1 N–H and O–H groups in total. The first kappa shape index (κ1) is 15.1. The molecule has 0 aromatic heterocycles. The monoisotopic (exact) mass is 302 g/mol. The summed E-state index contributed by atoms with van der Waals surface area (Å²) in [5, 5.41) is 2.51. The van der Waals surface area contributed by atoms with Crippen molar-refractivity contribution in [3.05, 3.63) is 24.3 Å². The fourth-order valence-electron chi connectivity index (χ4n) is 1.98. The summed E-state index contributed by atoms with van der Waals surface area (Å²) in [6.45, 7) is 0.490. The molecule has 0 saturated carbocycles. The van der Waals surface area contributed by atoms with Crippen LogP contribution in [0.2, 0.25) is 0 Å². The molecule has 8 heteroatoms. The second kappa shape index (κ2) is 6.02. The van der Waals surface area contributed by atoms with Crippen LogP contribution in [0.1, 0.15) is 12.8 Å². The van der Waals surface area contributed by atoms with Gasteiger partial charge in [0.1, 0.15) is 5.75 Å². The molecule has 1 aliphatic heterocycles. The molecule has 2 amide bonds. The average Bonchev–Trinajstić information content (AvgIpc) is 2.76. The van der Waals surface area contributed by atoms with Crippen LogP contribution in [0.15, 0.2) is 24.3 Å². The normalized spacial score (nSPS) is 15.2. The zero-order valence-corrected chi connectivity index (χ0v) is 10.9. The maximum atomic E-state index is 12.0. The summed E-state index contributed by atoms with van der Waals surface area (Å²) in [6.07, 6.45) is -3.58. The Morgan fingerprint density at radius 1 is 1.29 bits per heavy atom. The Labute approximate surface area is 118 Å². The smallest absolute Gasteiger partial charge is 0.406 e. The fraction of sp³-hybridized carbons (Fsp3) is 0.385. The van der Waals surface area contributed by atoms with E-state index in [2.05, 4.69) is 10.1 Å². The van der Waals surface area contributed by atoms with Crippen molar-refractivity contribution in [3.8, 4) is 5.75 Å². The molecule has 1 aromatic carbocycles.